The Morgan fingerprint density at radius 2 is 2.33 bits per heavy atom. The number of phenolic OH excluding ortho intramolecular Hbond substituents is 1. The van der Waals surface area contributed by atoms with E-state index in [1.807, 2.05) is 12.3 Å². The second-order valence-corrected chi connectivity index (χ2v) is 4.76. The van der Waals surface area contributed by atoms with Crippen molar-refractivity contribution < 1.29 is 9.50 Å². The molecule has 0 spiro atoms. The second kappa shape index (κ2) is 5.32. The van der Waals surface area contributed by atoms with Gasteiger partial charge < -0.3 is 5.11 Å². The summed E-state index contributed by atoms with van der Waals surface area (Å²) in [6.45, 7) is 1.88. The molecule has 0 bridgehead atoms. The summed E-state index contributed by atoms with van der Waals surface area (Å²) in [5.74, 6) is -1.34. The van der Waals surface area contributed by atoms with Gasteiger partial charge in [-0.05, 0) is 24.6 Å². The van der Waals surface area contributed by atoms with E-state index < -0.39 is 11.6 Å². The van der Waals surface area contributed by atoms with E-state index in [-0.39, 0.29) is 5.02 Å². The molecule has 1 aromatic carbocycles. The molecule has 2 aromatic rings. The zero-order valence-electron chi connectivity index (χ0n) is 9.32. The van der Waals surface area contributed by atoms with Gasteiger partial charge in [0.1, 0.15) is 0 Å². The highest BCUT2D eigenvalue weighted by atomic mass is 35.5. The number of benzene rings is 1. The lowest BCUT2D eigenvalue weighted by Crippen LogP contribution is -1.91. The van der Waals surface area contributed by atoms with Crippen molar-refractivity contribution in [2.75, 3.05) is 5.43 Å². The Hall–Kier alpha value is -1.66. The fourth-order valence-electron chi connectivity index (χ4n) is 1.23. The normalized spacial score (nSPS) is 11.1. The number of anilines is 1. The van der Waals surface area contributed by atoms with Crippen LogP contribution in [-0.2, 0) is 0 Å². The Bertz CT molecular complexity index is 577. The molecule has 1 heterocycles. The van der Waals surface area contributed by atoms with Gasteiger partial charge in [-0.3, -0.25) is 5.43 Å². The standard InChI is InChI=1S/C11H9ClFN3OS/c1-6-5-18-11(15-6)16-14-4-7-2-8(12)10(17)9(13)3-7/h2-5,17H,1H3,(H,15,16). The molecule has 0 fully saturated rings. The monoisotopic (exact) mass is 285 g/mol. The number of rotatable bonds is 3. The molecule has 2 N–H and O–H groups in total. The Morgan fingerprint density at radius 1 is 1.56 bits per heavy atom. The van der Waals surface area contributed by atoms with Gasteiger partial charge in [-0.1, -0.05) is 11.6 Å². The van der Waals surface area contributed by atoms with Crippen molar-refractivity contribution in [3.63, 3.8) is 0 Å². The van der Waals surface area contributed by atoms with Crippen LogP contribution in [0.3, 0.4) is 0 Å². The van der Waals surface area contributed by atoms with Crippen molar-refractivity contribution in [2.45, 2.75) is 6.92 Å². The molecule has 0 saturated heterocycles. The smallest absolute Gasteiger partial charge is 0.203 e. The predicted octanol–water partition coefficient (Wildman–Crippen LogP) is 3.40. The molecule has 1 aromatic heterocycles. The van der Waals surface area contributed by atoms with Gasteiger partial charge in [0.2, 0.25) is 5.13 Å². The summed E-state index contributed by atoms with van der Waals surface area (Å²) in [5.41, 5.74) is 4.06. The van der Waals surface area contributed by atoms with Gasteiger partial charge in [-0.2, -0.15) is 5.10 Å². The summed E-state index contributed by atoms with van der Waals surface area (Å²) in [5, 5.41) is 15.5. The Balaban J connectivity index is 2.09. The molecule has 0 atom stereocenters. The summed E-state index contributed by atoms with van der Waals surface area (Å²) < 4.78 is 13.2. The number of thiazole rings is 1. The topological polar surface area (TPSA) is 57.5 Å². The zero-order valence-corrected chi connectivity index (χ0v) is 10.9. The van der Waals surface area contributed by atoms with Crippen LogP contribution >= 0.6 is 22.9 Å². The lowest BCUT2D eigenvalue weighted by molar-refractivity contribution is 0.432. The fraction of sp³-hybridized carbons (Fsp3) is 0.0909. The molecular formula is C11H9ClFN3OS. The average Bonchev–Trinajstić information content (AvgIpc) is 2.72. The van der Waals surface area contributed by atoms with E-state index in [0.29, 0.717) is 10.7 Å². The molecule has 94 valence electrons. The summed E-state index contributed by atoms with van der Waals surface area (Å²) in [4.78, 5) is 4.14. The fourth-order valence-corrected chi connectivity index (χ4v) is 2.08. The van der Waals surface area contributed by atoms with Crippen molar-refractivity contribution in [2.24, 2.45) is 5.10 Å². The van der Waals surface area contributed by atoms with E-state index >= 15 is 0 Å². The van der Waals surface area contributed by atoms with Crippen molar-refractivity contribution in [1.29, 1.82) is 0 Å². The van der Waals surface area contributed by atoms with Crippen LogP contribution in [0.2, 0.25) is 5.02 Å². The second-order valence-electron chi connectivity index (χ2n) is 3.50. The van der Waals surface area contributed by atoms with Gasteiger partial charge in [0.25, 0.3) is 0 Å². The number of halogens is 2. The molecule has 0 aliphatic rings. The van der Waals surface area contributed by atoms with Gasteiger partial charge >= 0.3 is 0 Å². The molecule has 0 amide bonds. The highest BCUT2D eigenvalue weighted by Gasteiger charge is 2.06. The largest absolute Gasteiger partial charge is 0.504 e. The van der Waals surface area contributed by atoms with Crippen LogP contribution < -0.4 is 5.43 Å². The quantitative estimate of drug-likeness (QED) is 0.671. The van der Waals surface area contributed by atoms with Gasteiger partial charge in [-0.15, -0.1) is 11.3 Å². The molecule has 2 rings (SSSR count). The third kappa shape index (κ3) is 2.96. The van der Waals surface area contributed by atoms with Crippen LogP contribution in [0, 0.1) is 12.7 Å². The molecule has 18 heavy (non-hydrogen) atoms. The van der Waals surface area contributed by atoms with Crippen LogP contribution in [0.25, 0.3) is 0 Å². The van der Waals surface area contributed by atoms with Crippen molar-refractivity contribution >= 4 is 34.3 Å². The number of aromatic nitrogens is 1. The number of hydrogen-bond donors (Lipinski definition) is 2. The minimum atomic E-state index is -0.783. The molecular weight excluding hydrogens is 277 g/mol. The minimum absolute atomic E-state index is 0.0541. The summed E-state index contributed by atoms with van der Waals surface area (Å²) in [6.07, 6.45) is 1.39. The van der Waals surface area contributed by atoms with Crippen LogP contribution in [-0.4, -0.2) is 16.3 Å². The summed E-state index contributed by atoms with van der Waals surface area (Å²) >= 11 is 7.05. The van der Waals surface area contributed by atoms with E-state index in [0.717, 1.165) is 11.8 Å². The number of aryl methyl sites for hydroxylation is 1. The molecule has 0 aliphatic heterocycles. The summed E-state index contributed by atoms with van der Waals surface area (Å²) in [7, 11) is 0. The van der Waals surface area contributed by atoms with Gasteiger partial charge in [0, 0.05) is 5.38 Å². The number of phenols is 1. The van der Waals surface area contributed by atoms with Crippen LogP contribution in [0.4, 0.5) is 9.52 Å². The highest BCUT2D eigenvalue weighted by Crippen LogP contribution is 2.27. The van der Waals surface area contributed by atoms with Crippen LogP contribution in [0.5, 0.6) is 5.75 Å². The van der Waals surface area contributed by atoms with Crippen LogP contribution in [0.1, 0.15) is 11.3 Å². The first kappa shape index (κ1) is 12.8. The van der Waals surface area contributed by atoms with Crippen molar-refractivity contribution in [3.05, 3.63) is 39.6 Å². The van der Waals surface area contributed by atoms with Gasteiger partial charge in [0.05, 0.1) is 16.9 Å². The minimum Gasteiger partial charge on any atom is -0.504 e. The lowest BCUT2D eigenvalue weighted by atomic mass is 10.2. The highest BCUT2D eigenvalue weighted by molar-refractivity contribution is 7.13. The maximum atomic E-state index is 13.2. The SMILES string of the molecule is Cc1csc(NN=Cc2cc(F)c(O)c(Cl)c2)n1. The predicted molar refractivity (Wildman–Crippen MR) is 71.1 cm³/mol. The maximum Gasteiger partial charge on any atom is 0.203 e. The lowest BCUT2D eigenvalue weighted by Gasteiger charge is -2.00. The van der Waals surface area contributed by atoms with E-state index in [4.69, 9.17) is 16.7 Å². The van der Waals surface area contributed by atoms with Crippen molar-refractivity contribution in [3.8, 4) is 5.75 Å². The first-order valence-corrected chi connectivity index (χ1v) is 6.21. The first-order valence-electron chi connectivity index (χ1n) is 4.95. The van der Waals surface area contributed by atoms with Crippen LogP contribution in [0.15, 0.2) is 22.6 Å². The Morgan fingerprint density at radius 3 is 2.94 bits per heavy atom. The van der Waals surface area contributed by atoms with E-state index in [9.17, 15) is 4.39 Å². The van der Waals surface area contributed by atoms with E-state index in [1.54, 1.807) is 0 Å². The number of hydrogen-bond acceptors (Lipinski definition) is 5. The van der Waals surface area contributed by atoms with Gasteiger partial charge in [-0.25, -0.2) is 9.37 Å². The molecule has 0 unspecified atom stereocenters. The van der Waals surface area contributed by atoms with Crippen molar-refractivity contribution in [1.82, 2.24) is 4.98 Å². The third-order valence-electron chi connectivity index (χ3n) is 2.03. The number of nitrogens with one attached hydrogen (secondary N) is 1. The van der Waals surface area contributed by atoms with E-state index in [1.165, 1.54) is 23.6 Å². The average molecular weight is 286 g/mol. The molecule has 0 saturated carbocycles. The van der Waals surface area contributed by atoms with E-state index in [2.05, 4.69) is 15.5 Å². The zero-order chi connectivity index (χ0) is 13.1. The van der Waals surface area contributed by atoms with Gasteiger partial charge in [0.15, 0.2) is 11.6 Å². The molecule has 0 radical (unpaired) electrons. The third-order valence-corrected chi connectivity index (χ3v) is 3.18. The maximum absolute atomic E-state index is 13.2. The molecule has 7 heteroatoms. The summed E-state index contributed by atoms with van der Waals surface area (Å²) in [6, 6.07) is 2.55. The molecule has 4 nitrogen and oxygen atoms in total. The number of hydrazone groups is 1. The number of aromatic hydroxyl groups is 1. The molecule has 0 aliphatic carbocycles. The number of nitrogens with zero attached hydrogens (tertiary/aromatic N) is 2. The Kier molecular flexibility index (Phi) is 3.78. The first-order chi connectivity index (χ1) is 8.56. The Labute approximate surface area is 112 Å².